The van der Waals surface area contributed by atoms with Gasteiger partial charge in [-0.3, -0.25) is 0 Å². The number of nitrogens with zero attached hydrogens (tertiary/aromatic N) is 2. The molecule has 100 valence electrons. The summed E-state index contributed by atoms with van der Waals surface area (Å²) in [4.78, 5) is 0. The van der Waals surface area contributed by atoms with Gasteiger partial charge in [-0.1, -0.05) is 0 Å². The molecule has 0 spiro atoms. The summed E-state index contributed by atoms with van der Waals surface area (Å²) in [6, 6.07) is 6.18. The number of aliphatic hydroxyl groups excluding tert-OH is 1. The fraction of sp³-hybridized carbons (Fsp3) is 0.357. The minimum Gasteiger partial charge on any atom is -0.388 e. The maximum absolute atomic E-state index is 13.0. The second-order valence-electron chi connectivity index (χ2n) is 4.81. The number of benzene rings is 1. The van der Waals surface area contributed by atoms with Crippen molar-refractivity contribution in [1.82, 2.24) is 9.78 Å². The SMILES string of the molecule is NCc1nn(-c2ccc(F)cc2)c2c1C(O)CCC2. The van der Waals surface area contributed by atoms with Gasteiger partial charge in [0.1, 0.15) is 5.82 Å². The molecule has 0 amide bonds. The maximum Gasteiger partial charge on any atom is 0.123 e. The normalized spacial score (nSPS) is 18.4. The van der Waals surface area contributed by atoms with Crippen molar-refractivity contribution in [2.45, 2.75) is 31.9 Å². The van der Waals surface area contributed by atoms with E-state index in [4.69, 9.17) is 5.73 Å². The number of nitrogens with two attached hydrogens (primary N) is 1. The van der Waals surface area contributed by atoms with Crippen molar-refractivity contribution in [3.05, 3.63) is 47.0 Å². The first-order chi connectivity index (χ1) is 9.20. The number of hydrogen-bond acceptors (Lipinski definition) is 3. The van der Waals surface area contributed by atoms with Gasteiger partial charge in [0, 0.05) is 12.1 Å². The van der Waals surface area contributed by atoms with Gasteiger partial charge in [-0.25, -0.2) is 9.07 Å². The third-order valence-corrected chi connectivity index (χ3v) is 3.59. The highest BCUT2D eigenvalue weighted by Crippen LogP contribution is 2.33. The van der Waals surface area contributed by atoms with Crippen LogP contribution < -0.4 is 5.73 Å². The minimum atomic E-state index is -0.489. The molecule has 1 aromatic heterocycles. The van der Waals surface area contributed by atoms with Crippen LogP contribution in [0.25, 0.3) is 5.69 Å². The standard InChI is InChI=1S/C14H16FN3O/c15-9-4-6-10(7-5-9)18-12-2-1-3-13(19)14(12)11(8-16)17-18/h4-7,13,19H,1-3,8,16H2. The van der Waals surface area contributed by atoms with Crippen LogP contribution in [0.15, 0.2) is 24.3 Å². The Bertz CT molecular complexity index is 591. The molecular weight excluding hydrogens is 245 g/mol. The Morgan fingerprint density at radius 1 is 1.37 bits per heavy atom. The number of rotatable bonds is 2. The van der Waals surface area contributed by atoms with Crippen LogP contribution in [0.4, 0.5) is 4.39 Å². The predicted molar refractivity (Wildman–Crippen MR) is 69.3 cm³/mol. The fourth-order valence-electron chi connectivity index (χ4n) is 2.69. The predicted octanol–water partition coefficient (Wildman–Crippen LogP) is 1.84. The van der Waals surface area contributed by atoms with Crippen LogP contribution >= 0.6 is 0 Å². The summed E-state index contributed by atoms with van der Waals surface area (Å²) in [6.45, 7) is 0.299. The minimum absolute atomic E-state index is 0.274. The van der Waals surface area contributed by atoms with E-state index in [1.165, 1.54) is 12.1 Å². The Labute approximate surface area is 110 Å². The molecule has 1 aliphatic rings. The molecule has 3 N–H and O–H groups in total. The van der Waals surface area contributed by atoms with Crippen molar-refractivity contribution >= 4 is 0 Å². The molecule has 1 aliphatic carbocycles. The first-order valence-electron chi connectivity index (χ1n) is 6.45. The van der Waals surface area contributed by atoms with Crippen molar-refractivity contribution in [3.63, 3.8) is 0 Å². The number of halogens is 1. The quantitative estimate of drug-likeness (QED) is 0.867. The molecule has 0 saturated heterocycles. The van der Waals surface area contributed by atoms with Crippen LogP contribution in [-0.4, -0.2) is 14.9 Å². The second kappa shape index (κ2) is 4.75. The molecule has 5 heteroatoms. The topological polar surface area (TPSA) is 64.1 Å². The Morgan fingerprint density at radius 2 is 2.11 bits per heavy atom. The van der Waals surface area contributed by atoms with Gasteiger partial charge in [-0.05, 0) is 43.5 Å². The van der Waals surface area contributed by atoms with Crippen molar-refractivity contribution < 1.29 is 9.50 Å². The lowest BCUT2D eigenvalue weighted by molar-refractivity contribution is 0.155. The summed E-state index contributed by atoms with van der Waals surface area (Å²) in [6.07, 6.45) is 2.04. The zero-order valence-corrected chi connectivity index (χ0v) is 10.5. The van der Waals surface area contributed by atoms with Crippen LogP contribution in [0.3, 0.4) is 0 Å². The van der Waals surface area contributed by atoms with E-state index in [0.717, 1.165) is 41.9 Å². The molecule has 4 nitrogen and oxygen atoms in total. The molecule has 1 unspecified atom stereocenters. The average Bonchev–Trinajstić information content (AvgIpc) is 2.80. The van der Waals surface area contributed by atoms with E-state index < -0.39 is 6.10 Å². The highest BCUT2D eigenvalue weighted by molar-refractivity contribution is 5.40. The van der Waals surface area contributed by atoms with Gasteiger partial charge >= 0.3 is 0 Å². The third-order valence-electron chi connectivity index (χ3n) is 3.59. The van der Waals surface area contributed by atoms with Gasteiger partial charge in [-0.2, -0.15) is 5.10 Å². The monoisotopic (exact) mass is 261 g/mol. The van der Waals surface area contributed by atoms with Crippen LogP contribution in [-0.2, 0) is 13.0 Å². The first kappa shape index (κ1) is 12.3. The summed E-state index contributed by atoms with van der Waals surface area (Å²) in [7, 11) is 0. The van der Waals surface area contributed by atoms with Crippen LogP contribution in [0.5, 0.6) is 0 Å². The van der Waals surface area contributed by atoms with Crippen LogP contribution in [0, 0.1) is 5.82 Å². The van der Waals surface area contributed by atoms with Gasteiger partial charge in [0.2, 0.25) is 0 Å². The van der Waals surface area contributed by atoms with Crippen LogP contribution in [0.1, 0.15) is 35.9 Å². The lowest BCUT2D eigenvalue weighted by Gasteiger charge is -2.19. The number of aromatic nitrogens is 2. The van der Waals surface area contributed by atoms with E-state index in [9.17, 15) is 9.50 Å². The maximum atomic E-state index is 13.0. The van der Waals surface area contributed by atoms with E-state index >= 15 is 0 Å². The molecule has 19 heavy (non-hydrogen) atoms. The molecule has 0 aliphatic heterocycles. The van der Waals surface area contributed by atoms with Crippen molar-refractivity contribution in [2.24, 2.45) is 5.73 Å². The number of hydrogen-bond donors (Lipinski definition) is 2. The summed E-state index contributed by atoms with van der Waals surface area (Å²) >= 11 is 0. The van der Waals surface area contributed by atoms with E-state index in [1.54, 1.807) is 16.8 Å². The Hall–Kier alpha value is -1.72. The number of aliphatic hydroxyl groups is 1. The smallest absolute Gasteiger partial charge is 0.123 e. The van der Waals surface area contributed by atoms with Crippen molar-refractivity contribution in [3.8, 4) is 5.69 Å². The lowest BCUT2D eigenvalue weighted by Crippen LogP contribution is -2.12. The zero-order valence-electron chi connectivity index (χ0n) is 10.5. The average molecular weight is 261 g/mol. The molecule has 3 rings (SSSR count). The lowest BCUT2D eigenvalue weighted by atomic mass is 9.93. The first-order valence-corrected chi connectivity index (χ1v) is 6.45. The summed E-state index contributed by atoms with van der Waals surface area (Å²) in [5.41, 5.74) is 9.08. The van der Waals surface area contributed by atoms with E-state index in [0.29, 0.717) is 6.54 Å². The molecule has 0 radical (unpaired) electrons. The largest absolute Gasteiger partial charge is 0.388 e. The molecule has 1 atom stereocenters. The highest BCUT2D eigenvalue weighted by atomic mass is 19.1. The third kappa shape index (κ3) is 2.05. The second-order valence-corrected chi connectivity index (χ2v) is 4.81. The molecule has 0 fully saturated rings. The van der Waals surface area contributed by atoms with E-state index in [2.05, 4.69) is 5.10 Å². The van der Waals surface area contributed by atoms with Gasteiger partial charge in [0.25, 0.3) is 0 Å². The van der Waals surface area contributed by atoms with Gasteiger partial charge in [0.05, 0.1) is 23.2 Å². The fourth-order valence-corrected chi connectivity index (χ4v) is 2.69. The van der Waals surface area contributed by atoms with E-state index in [-0.39, 0.29) is 5.82 Å². The molecule has 0 bridgehead atoms. The van der Waals surface area contributed by atoms with Crippen molar-refractivity contribution in [1.29, 1.82) is 0 Å². The molecule has 1 heterocycles. The van der Waals surface area contributed by atoms with Gasteiger partial charge < -0.3 is 10.8 Å². The molecule has 0 saturated carbocycles. The Balaban J connectivity index is 2.14. The van der Waals surface area contributed by atoms with Gasteiger partial charge in [-0.15, -0.1) is 0 Å². The van der Waals surface area contributed by atoms with Gasteiger partial charge in [0.15, 0.2) is 0 Å². The Kier molecular flexibility index (Phi) is 3.08. The zero-order chi connectivity index (χ0) is 13.4. The van der Waals surface area contributed by atoms with Crippen molar-refractivity contribution in [2.75, 3.05) is 0 Å². The molecular formula is C14H16FN3O. The van der Waals surface area contributed by atoms with Crippen LogP contribution in [0.2, 0.25) is 0 Å². The molecule has 1 aromatic carbocycles. The Morgan fingerprint density at radius 3 is 2.79 bits per heavy atom. The summed E-state index contributed by atoms with van der Waals surface area (Å²) in [5.74, 6) is -0.274. The summed E-state index contributed by atoms with van der Waals surface area (Å²) in [5, 5.41) is 14.6. The van der Waals surface area contributed by atoms with E-state index in [1.807, 2.05) is 0 Å². The molecule has 2 aromatic rings. The number of fused-ring (bicyclic) bond motifs is 1. The highest BCUT2D eigenvalue weighted by Gasteiger charge is 2.26. The summed E-state index contributed by atoms with van der Waals surface area (Å²) < 4.78 is 14.8.